The Morgan fingerprint density at radius 2 is 1.76 bits per heavy atom. The molecular formula is C12H21NO3Si. The number of benzene rings is 1. The Hall–Kier alpha value is -0.723. The Kier molecular flexibility index (Phi) is 5.80. The second-order valence-electron chi connectivity index (χ2n) is 3.63. The van der Waals surface area contributed by atoms with Gasteiger partial charge < -0.3 is 13.3 Å². The molecule has 0 saturated heterocycles. The van der Waals surface area contributed by atoms with Gasteiger partial charge in [0, 0.05) is 19.4 Å². The zero-order valence-corrected chi connectivity index (χ0v) is 11.9. The molecule has 1 aromatic carbocycles. The molecule has 0 radical (unpaired) electrons. The zero-order chi connectivity index (χ0) is 12.7. The fourth-order valence-electron chi connectivity index (χ4n) is 1.66. The lowest BCUT2D eigenvalue weighted by Crippen LogP contribution is -2.58. The van der Waals surface area contributed by atoms with Crippen LogP contribution in [0.15, 0.2) is 30.3 Å². The first-order chi connectivity index (χ1) is 8.22. The molecule has 0 amide bonds. The first-order valence-electron chi connectivity index (χ1n) is 5.73. The molecule has 0 heterocycles. The third-order valence-corrected chi connectivity index (χ3v) is 5.37. The summed E-state index contributed by atoms with van der Waals surface area (Å²) in [5.41, 5.74) is 0. The highest BCUT2D eigenvalue weighted by Crippen LogP contribution is 2.11. The van der Waals surface area contributed by atoms with E-state index in [2.05, 4.69) is 12.2 Å². The highest BCUT2D eigenvalue weighted by molar-refractivity contribution is 6.75. The SMILES string of the molecule is CCC(NC)O[Si](OC)(OC)c1ccccc1. The predicted molar refractivity (Wildman–Crippen MR) is 70.1 cm³/mol. The van der Waals surface area contributed by atoms with Gasteiger partial charge in [0.05, 0.1) is 0 Å². The molecule has 17 heavy (non-hydrogen) atoms. The highest BCUT2D eigenvalue weighted by Gasteiger charge is 2.43. The van der Waals surface area contributed by atoms with Crippen LogP contribution in [0.2, 0.25) is 0 Å². The van der Waals surface area contributed by atoms with Crippen LogP contribution in [0.25, 0.3) is 0 Å². The lowest BCUT2D eigenvalue weighted by Gasteiger charge is -2.30. The molecule has 0 aliphatic heterocycles. The molecule has 4 nitrogen and oxygen atoms in total. The van der Waals surface area contributed by atoms with Gasteiger partial charge in [-0.3, -0.25) is 5.32 Å². The summed E-state index contributed by atoms with van der Waals surface area (Å²) in [5.74, 6) is 0. The van der Waals surface area contributed by atoms with E-state index in [1.165, 1.54) is 0 Å². The Balaban J connectivity index is 2.96. The molecule has 96 valence electrons. The standard InChI is InChI=1S/C12H21NO3Si/c1-5-12(13-2)16-17(14-3,15-4)11-9-7-6-8-10-11/h6-10,12-13H,5H2,1-4H3. The number of nitrogens with one attached hydrogen (secondary N) is 1. The Bertz CT molecular complexity index is 313. The van der Waals surface area contributed by atoms with Crippen LogP contribution in [0.5, 0.6) is 0 Å². The molecule has 1 N–H and O–H groups in total. The lowest BCUT2D eigenvalue weighted by atomic mass is 10.4. The van der Waals surface area contributed by atoms with E-state index in [4.69, 9.17) is 13.3 Å². The van der Waals surface area contributed by atoms with Gasteiger partial charge in [-0.2, -0.15) is 0 Å². The minimum atomic E-state index is -2.79. The van der Waals surface area contributed by atoms with E-state index in [9.17, 15) is 0 Å². The van der Waals surface area contributed by atoms with E-state index in [1.54, 1.807) is 14.2 Å². The van der Waals surface area contributed by atoms with Crippen LogP contribution < -0.4 is 10.5 Å². The quantitative estimate of drug-likeness (QED) is 0.585. The van der Waals surface area contributed by atoms with Crippen LogP contribution in [0.1, 0.15) is 13.3 Å². The third kappa shape index (κ3) is 3.37. The average Bonchev–Trinajstić information content (AvgIpc) is 2.42. The van der Waals surface area contributed by atoms with Crippen LogP contribution >= 0.6 is 0 Å². The third-order valence-electron chi connectivity index (χ3n) is 2.65. The highest BCUT2D eigenvalue weighted by atomic mass is 28.4. The summed E-state index contributed by atoms with van der Waals surface area (Å²) in [7, 11) is 2.34. The Morgan fingerprint density at radius 3 is 2.18 bits per heavy atom. The van der Waals surface area contributed by atoms with Crippen molar-refractivity contribution in [3.8, 4) is 0 Å². The van der Waals surface area contributed by atoms with Crippen molar-refractivity contribution in [3.63, 3.8) is 0 Å². The van der Waals surface area contributed by atoms with E-state index in [-0.39, 0.29) is 6.23 Å². The Morgan fingerprint density at radius 1 is 1.18 bits per heavy atom. The molecule has 1 aromatic rings. The molecule has 0 bridgehead atoms. The molecule has 0 fully saturated rings. The van der Waals surface area contributed by atoms with Gasteiger partial charge >= 0.3 is 8.80 Å². The summed E-state index contributed by atoms with van der Waals surface area (Å²) in [6.45, 7) is 2.05. The van der Waals surface area contributed by atoms with Gasteiger partial charge in [-0.05, 0) is 13.5 Å². The topological polar surface area (TPSA) is 39.7 Å². The van der Waals surface area contributed by atoms with Crippen molar-refractivity contribution in [2.24, 2.45) is 0 Å². The van der Waals surface area contributed by atoms with Gasteiger partial charge in [-0.15, -0.1) is 0 Å². The summed E-state index contributed by atoms with van der Waals surface area (Å²) in [4.78, 5) is 0. The van der Waals surface area contributed by atoms with E-state index in [0.29, 0.717) is 0 Å². The van der Waals surface area contributed by atoms with Crippen LogP contribution in [0.3, 0.4) is 0 Å². The average molecular weight is 255 g/mol. The summed E-state index contributed by atoms with van der Waals surface area (Å²) in [5, 5.41) is 4.07. The van der Waals surface area contributed by atoms with Crippen molar-refractivity contribution in [2.75, 3.05) is 21.3 Å². The fourth-order valence-corrected chi connectivity index (χ4v) is 3.89. The van der Waals surface area contributed by atoms with Gasteiger partial charge in [0.1, 0.15) is 6.23 Å². The van der Waals surface area contributed by atoms with E-state index >= 15 is 0 Å². The number of hydrogen-bond acceptors (Lipinski definition) is 4. The van der Waals surface area contributed by atoms with Crippen LogP contribution in [-0.2, 0) is 13.3 Å². The molecule has 1 unspecified atom stereocenters. The maximum absolute atomic E-state index is 6.00. The first-order valence-corrected chi connectivity index (χ1v) is 7.45. The van der Waals surface area contributed by atoms with Crippen molar-refractivity contribution >= 4 is 14.0 Å². The first kappa shape index (κ1) is 14.3. The van der Waals surface area contributed by atoms with Crippen molar-refractivity contribution in [3.05, 3.63) is 30.3 Å². The monoisotopic (exact) mass is 255 g/mol. The van der Waals surface area contributed by atoms with Gasteiger partial charge in [0.25, 0.3) is 0 Å². The van der Waals surface area contributed by atoms with E-state index in [1.807, 2.05) is 37.4 Å². The molecule has 0 aromatic heterocycles. The van der Waals surface area contributed by atoms with Crippen LogP contribution in [-0.4, -0.2) is 36.3 Å². The Labute approximate surface area is 104 Å². The largest absolute Gasteiger partial charge is 0.537 e. The van der Waals surface area contributed by atoms with Crippen molar-refractivity contribution < 1.29 is 13.3 Å². The fraction of sp³-hybridized carbons (Fsp3) is 0.500. The molecule has 0 aliphatic carbocycles. The van der Waals surface area contributed by atoms with Crippen molar-refractivity contribution in [2.45, 2.75) is 19.6 Å². The number of hydrogen-bond donors (Lipinski definition) is 1. The molecule has 0 aliphatic rings. The van der Waals surface area contributed by atoms with Crippen LogP contribution in [0, 0.1) is 0 Å². The minimum Gasteiger partial charge on any atom is -0.373 e. The molecular weight excluding hydrogens is 234 g/mol. The molecule has 5 heteroatoms. The lowest BCUT2D eigenvalue weighted by molar-refractivity contribution is 0.0529. The van der Waals surface area contributed by atoms with Crippen molar-refractivity contribution in [1.29, 1.82) is 0 Å². The second kappa shape index (κ2) is 6.88. The summed E-state index contributed by atoms with van der Waals surface area (Å²) < 4.78 is 17.1. The molecule has 0 saturated carbocycles. The summed E-state index contributed by atoms with van der Waals surface area (Å²) in [6, 6.07) is 9.82. The number of rotatable bonds is 7. The predicted octanol–water partition coefficient (Wildman–Crippen LogP) is 1.10. The zero-order valence-electron chi connectivity index (χ0n) is 10.9. The smallest absolute Gasteiger partial charge is 0.373 e. The van der Waals surface area contributed by atoms with Gasteiger partial charge in [0.2, 0.25) is 0 Å². The van der Waals surface area contributed by atoms with Crippen LogP contribution in [0.4, 0.5) is 0 Å². The summed E-state index contributed by atoms with van der Waals surface area (Å²) in [6.07, 6.45) is 0.784. The maximum Gasteiger partial charge on any atom is 0.537 e. The van der Waals surface area contributed by atoms with Gasteiger partial charge in [-0.1, -0.05) is 37.3 Å². The van der Waals surface area contributed by atoms with E-state index in [0.717, 1.165) is 11.6 Å². The molecule has 0 spiro atoms. The second-order valence-corrected chi connectivity index (χ2v) is 6.38. The van der Waals surface area contributed by atoms with Gasteiger partial charge in [0.15, 0.2) is 0 Å². The van der Waals surface area contributed by atoms with Gasteiger partial charge in [-0.25, -0.2) is 0 Å². The molecule has 1 rings (SSSR count). The summed E-state index contributed by atoms with van der Waals surface area (Å²) >= 11 is 0. The molecule has 1 atom stereocenters. The van der Waals surface area contributed by atoms with E-state index < -0.39 is 8.80 Å². The minimum absolute atomic E-state index is 0.0678. The maximum atomic E-state index is 6.00. The normalized spacial score (nSPS) is 13.6. The van der Waals surface area contributed by atoms with Crippen molar-refractivity contribution in [1.82, 2.24) is 5.32 Å².